The number of hydrogen-bond donors (Lipinski definition) is 2. The number of rotatable bonds is 9. The van der Waals surface area contributed by atoms with Crippen LogP contribution < -0.4 is 5.32 Å². The first-order valence-electron chi connectivity index (χ1n) is 8.67. The molecule has 0 spiro atoms. The van der Waals surface area contributed by atoms with Gasteiger partial charge >= 0.3 is 5.97 Å². The Hall–Kier alpha value is -0.610. The first-order valence-corrected chi connectivity index (χ1v) is 8.67. The van der Waals surface area contributed by atoms with Crippen molar-refractivity contribution in [3.05, 3.63) is 0 Å². The minimum Gasteiger partial charge on any atom is -0.480 e. The summed E-state index contributed by atoms with van der Waals surface area (Å²) < 4.78 is 0. The van der Waals surface area contributed by atoms with Crippen molar-refractivity contribution in [3.63, 3.8) is 0 Å². The molecule has 1 unspecified atom stereocenters. The third kappa shape index (κ3) is 5.59. The van der Waals surface area contributed by atoms with E-state index in [1.54, 1.807) is 0 Å². The summed E-state index contributed by atoms with van der Waals surface area (Å²) in [7, 11) is 0. The second-order valence-electron chi connectivity index (χ2n) is 6.84. The van der Waals surface area contributed by atoms with Crippen LogP contribution in [0.3, 0.4) is 0 Å². The van der Waals surface area contributed by atoms with Gasteiger partial charge in [0.15, 0.2) is 0 Å². The highest BCUT2D eigenvalue weighted by Crippen LogP contribution is 2.22. The van der Waals surface area contributed by atoms with Gasteiger partial charge < -0.3 is 10.0 Å². The van der Waals surface area contributed by atoms with Crippen LogP contribution in [0.2, 0.25) is 0 Å². The maximum atomic E-state index is 11.7. The Balaban J connectivity index is 2.42. The Morgan fingerprint density at radius 2 is 1.95 bits per heavy atom. The van der Waals surface area contributed by atoms with Crippen LogP contribution in [0.1, 0.15) is 66.2 Å². The molecule has 1 heterocycles. The lowest BCUT2D eigenvalue weighted by Gasteiger charge is -2.34. The molecule has 1 aliphatic heterocycles. The van der Waals surface area contributed by atoms with Gasteiger partial charge in [0.2, 0.25) is 0 Å². The minimum absolute atomic E-state index is 0.196. The predicted molar refractivity (Wildman–Crippen MR) is 87.6 cm³/mol. The molecule has 1 rings (SSSR count). The van der Waals surface area contributed by atoms with Crippen molar-refractivity contribution >= 4 is 5.97 Å². The summed E-state index contributed by atoms with van der Waals surface area (Å²) >= 11 is 0. The van der Waals surface area contributed by atoms with Gasteiger partial charge in [-0.3, -0.25) is 10.1 Å². The summed E-state index contributed by atoms with van der Waals surface area (Å²) in [5.41, 5.74) is -0.754. The monoisotopic (exact) mass is 298 g/mol. The van der Waals surface area contributed by atoms with Gasteiger partial charge in [0.25, 0.3) is 0 Å². The fraction of sp³-hybridized carbons (Fsp3) is 0.941. The molecule has 0 aromatic rings. The van der Waals surface area contributed by atoms with E-state index < -0.39 is 11.5 Å². The van der Waals surface area contributed by atoms with Crippen molar-refractivity contribution in [2.75, 3.05) is 19.6 Å². The summed E-state index contributed by atoms with van der Waals surface area (Å²) in [5.74, 6) is 0.195. The molecule has 1 atom stereocenters. The van der Waals surface area contributed by atoms with E-state index in [1.807, 2.05) is 20.8 Å². The summed E-state index contributed by atoms with van der Waals surface area (Å²) in [4.78, 5) is 14.2. The van der Waals surface area contributed by atoms with Crippen LogP contribution in [0.25, 0.3) is 0 Å². The first-order chi connectivity index (χ1) is 9.93. The minimum atomic E-state index is -0.754. The molecule has 2 N–H and O–H groups in total. The lowest BCUT2D eigenvalue weighted by Crippen LogP contribution is -2.54. The van der Waals surface area contributed by atoms with Gasteiger partial charge in [-0.2, -0.15) is 0 Å². The van der Waals surface area contributed by atoms with Crippen LogP contribution >= 0.6 is 0 Å². The van der Waals surface area contributed by atoms with Crippen molar-refractivity contribution < 1.29 is 9.90 Å². The second-order valence-corrected chi connectivity index (χ2v) is 6.84. The van der Waals surface area contributed by atoms with E-state index in [9.17, 15) is 9.90 Å². The summed E-state index contributed by atoms with van der Waals surface area (Å²) in [6.07, 6.45) is 6.21. The molecule has 21 heavy (non-hydrogen) atoms. The van der Waals surface area contributed by atoms with E-state index in [2.05, 4.69) is 17.1 Å². The van der Waals surface area contributed by atoms with Crippen molar-refractivity contribution in [1.29, 1.82) is 0 Å². The molecule has 0 saturated carbocycles. The lowest BCUT2D eigenvalue weighted by atomic mass is 9.89. The maximum absolute atomic E-state index is 11.7. The smallest absolute Gasteiger partial charge is 0.323 e. The van der Waals surface area contributed by atoms with Crippen LogP contribution in [-0.4, -0.2) is 47.2 Å². The van der Waals surface area contributed by atoms with Crippen molar-refractivity contribution in [2.24, 2.45) is 5.92 Å². The lowest BCUT2D eigenvalue weighted by molar-refractivity contribution is -0.145. The molecule has 1 saturated heterocycles. The van der Waals surface area contributed by atoms with E-state index >= 15 is 0 Å². The fourth-order valence-corrected chi connectivity index (χ4v) is 3.45. The molecule has 0 aliphatic carbocycles. The highest BCUT2D eigenvalue weighted by atomic mass is 16.4. The number of carboxylic acid groups (broad SMARTS) is 1. The molecule has 0 amide bonds. The zero-order chi connectivity index (χ0) is 15.9. The van der Waals surface area contributed by atoms with E-state index in [4.69, 9.17) is 0 Å². The topological polar surface area (TPSA) is 52.6 Å². The Labute approximate surface area is 130 Å². The van der Waals surface area contributed by atoms with Crippen molar-refractivity contribution in [2.45, 2.75) is 77.8 Å². The molecule has 0 aromatic carbocycles. The van der Waals surface area contributed by atoms with Gasteiger partial charge in [-0.15, -0.1) is 0 Å². The summed E-state index contributed by atoms with van der Waals surface area (Å²) in [6, 6.07) is 0.196. The Bertz CT molecular complexity index is 312. The van der Waals surface area contributed by atoms with E-state index in [1.165, 1.54) is 32.4 Å². The number of likely N-dealkylation sites (tertiary alicyclic amines) is 1. The van der Waals surface area contributed by atoms with Crippen molar-refractivity contribution in [1.82, 2.24) is 10.2 Å². The zero-order valence-corrected chi connectivity index (χ0v) is 14.3. The Morgan fingerprint density at radius 1 is 1.33 bits per heavy atom. The Morgan fingerprint density at radius 3 is 2.38 bits per heavy atom. The number of carbonyl (C=O) groups is 1. The third-order valence-corrected chi connectivity index (χ3v) is 4.94. The number of nitrogens with one attached hydrogen (secondary N) is 1. The molecule has 0 bridgehead atoms. The predicted octanol–water partition coefficient (Wildman–Crippen LogP) is 3.12. The maximum Gasteiger partial charge on any atom is 0.323 e. The number of aliphatic carboxylic acids is 1. The SMILES string of the molecule is CCC1CCN(CCCC(CC)(NC(C)C)C(=O)O)CC1. The molecule has 0 radical (unpaired) electrons. The molecule has 124 valence electrons. The van der Waals surface area contributed by atoms with Crippen LogP contribution in [0.4, 0.5) is 0 Å². The van der Waals surface area contributed by atoms with Gasteiger partial charge in [0.1, 0.15) is 5.54 Å². The normalized spacial score (nSPS) is 20.6. The van der Waals surface area contributed by atoms with Gasteiger partial charge in [-0.25, -0.2) is 0 Å². The molecular formula is C17H34N2O2. The molecule has 4 heteroatoms. The molecule has 0 aromatic heterocycles. The van der Waals surface area contributed by atoms with Crippen LogP contribution in [-0.2, 0) is 4.79 Å². The highest BCUT2D eigenvalue weighted by molar-refractivity contribution is 5.78. The largest absolute Gasteiger partial charge is 0.480 e. The highest BCUT2D eigenvalue weighted by Gasteiger charge is 2.36. The van der Waals surface area contributed by atoms with Crippen molar-refractivity contribution in [3.8, 4) is 0 Å². The number of hydrogen-bond acceptors (Lipinski definition) is 3. The average Bonchev–Trinajstić information content (AvgIpc) is 2.46. The number of nitrogens with zero attached hydrogens (tertiary/aromatic N) is 1. The van der Waals surface area contributed by atoms with Gasteiger partial charge in [0.05, 0.1) is 0 Å². The third-order valence-electron chi connectivity index (χ3n) is 4.94. The number of carboxylic acids is 1. The Kier molecular flexibility index (Phi) is 7.67. The first kappa shape index (κ1) is 18.4. The average molecular weight is 298 g/mol. The van der Waals surface area contributed by atoms with Gasteiger partial charge in [-0.05, 0) is 71.5 Å². The standard InChI is InChI=1S/C17H34N2O2/c1-5-15-8-12-19(13-9-15)11-7-10-17(6-2,16(20)21)18-14(3)4/h14-15,18H,5-13H2,1-4H3,(H,20,21). The van der Waals surface area contributed by atoms with Gasteiger partial charge in [0, 0.05) is 6.04 Å². The van der Waals surface area contributed by atoms with Gasteiger partial charge in [-0.1, -0.05) is 20.3 Å². The fourth-order valence-electron chi connectivity index (χ4n) is 3.45. The molecule has 4 nitrogen and oxygen atoms in total. The molecular weight excluding hydrogens is 264 g/mol. The van der Waals surface area contributed by atoms with E-state index in [-0.39, 0.29) is 6.04 Å². The zero-order valence-electron chi connectivity index (χ0n) is 14.3. The van der Waals surface area contributed by atoms with Crippen LogP contribution in [0, 0.1) is 5.92 Å². The second kappa shape index (κ2) is 8.74. The quantitative estimate of drug-likeness (QED) is 0.687. The number of piperidine rings is 1. The molecule has 1 aliphatic rings. The van der Waals surface area contributed by atoms with Crippen LogP contribution in [0.5, 0.6) is 0 Å². The van der Waals surface area contributed by atoms with E-state index in [0.29, 0.717) is 12.8 Å². The van der Waals surface area contributed by atoms with E-state index in [0.717, 1.165) is 18.9 Å². The summed E-state index contributed by atoms with van der Waals surface area (Å²) in [5, 5.41) is 12.9. The molecule has 1 fully saturated rings. The summed E-state index contributed by atoms with van der Waals surface area (Å²) in [6.45, 7) is 11.7. The van der Waals surface area contributed by atoms with Crippen LogP contribution in [0.15, 0.2) is 0 Å².